The van der Waals surface area contributed by atoms with Gasteiger partial charge in [0.15, 0.2) is 0 Å². The van der Waals surface area contributed by atoms with Crippen molar-refractivity contribution in [2.45, 2.75) is 106 Å². The maximum Gasteiger partial charge on any atom is 0.328 e. The van der Waals surface area contributed by atoms with E-state index in [1.54, 1.807) is 53.0 Å². The number of hydrogen-bond acceptors (Lipinski definition) is 16. The number of nitrogens with zero attached hydrogens (tertiary/aromatic N) is 2. The monoisotopic (exact) mass is 928 g/mol. The van der Waals surface area contributed by atoms with Crippen molar-refractivity contribution in [1.29, 1.82) is 0 Å². The number of esters is 2. The van der Waals surface area contributed by atoms with Crippen molar-refractivity contribution < 1.29 is 38.2 Å². The first kappa shape index (κ1) is 46.5. The Bertz CT molecular complexity index is 2000. The van der Waals surface area contributed by atoms with Crippen molar-refractivity contribution in [3.8, 4) is 0 Å². The van der Waals surface area contributed by atoms with Gasteiger partial charge in [0.25, 0.3) is 0 Å². The number of cyclic esters (lactones) is 2. The van der Waals surface area contributed by atoms with Crippen LogP contribution in [-0.4, -0.2) is 142 Å². The van der Waals surface area contributed by atoms with Crippen LogP contribution in [0, 0.1) is 0 Å². The number of ether oxygens (including phenoxy) is 2. The van der Waals surface area contributed by atoms with Crippen molar-refractivity contribution in [1.82, 2.24) is 31.1 Å². The molecule has 6 aliphatic heterocycles. The zero-order valence-electron chi connectivity index (χ0n) is 34.9. The summed E-state index contributed by atoms with van der Waals surface area (Å²) in [5.41, 5.74) is 16.4. The normalized spacial score (nSPS) is 29.7. The highest BCUT2D eigenvalue weighted by Crippen LogP contribution is 2.40. The minimum absolute atomic E-state index is 0.0207. The van der Waals surface area contributed by atoms with Crippen molar-refractivity contribution in [3.05, 3.63) is 70.8 Å². The Morgan fingerprint density at radius 1 is 0.677 bits per heavy atom. The fourth-order valence-corrected chi connectivity index (χ4v) is 13.5. The Labute approximate surface area is 377 Å². The molecule has 16 nitrogen and oxygen atoms in total. The van der Waals surface area contributed by atoms with Crippen LogP contribution in [0.4, 0.5) is 0 Å². The molecule has 8 rings (SSSR count). The molecule has 4 saturated heterocycles. The highest BCUT2D eigenvalue weighted by atomic mass is 33.1. The molecular weight excluding hydrogens is 873 g/mol. The van der Waals surface area contributed by atoms with Crippen molar-refractivity contribution in [3.63, 3.8) is 0 Å². The number of carbonyl (C=O) groups excluding carboxylic acids is 6. The molecular formula is C42H56N8O8S4. The second-order valence-corrected chi connectivity index (χ2v) is 22.4. The van der Waals surface area contributed by atoms with Gasteiger partial charge in [0, 0.05) is 86.0 Å². The summed E-state index contributed by atoms with van der Waals surface area (Å²) in [6, 6.07) is 12.1. The van der Waals surface area contributed by atoms with E-state index in [0.717, 1.165) is 33.8 Å². The fraction of sp³-hybridized carbons (Fsp3) is 0.571. The minimum Gasteiger partial charge on any atom is -0.464 e. The second-order valence-electron chi connectivity index (χ2n) is 16.8. The van der Waals surface area contributed by atoms with Crippen LogP contribution in [0.25, 0.3) is 0 Å². The molecule has 8 atom stereocenters. The molecule has 0 spiro atoms. The van der Waals surface area contributed by atoms with Crippen molar-refractivity contribution in [2.24, 2.45) is 11.5 Å². The van der Waals surface area contributed by atoms with Gasteiger partial charge in [-0.25, -0.2) is 9.59 Å². The lowest BCUT2D eigenvalue weighted by atomic mass is 9.91. The molecule has 0 radical (unpaired) electrons. The van der Waals surface area contributed by atoms with Gasteiger partial charge < -0.3 is 52.0 Å². The number of hydrogen-bond donors (Lipinski definition) is 6. The summed E-state index contributed by atoms with van der Waals surface area (Å²) >= 11 is 0. The van der Waals surface area contributed by atoms with Crippen LogP contribution < -0.4 is 32.7 Å². The van der Waals surface area contributed by atoms with Crippen LogP contribution in [0.5, 0.6) is 0 Å². The van der Waals surface area contributed by atoms with E-state index < -0.39 is 52.9 Å². The molecule has 0 bridgehead atoms. The third-order valence-electron chi connectivity index (χ3n) is 11.8. The molecule has 62 heavy (non-hydrogen) atoms. The van der Waals surface area contributed by atoms with Crippen LogP contribution in [0.15, 0.2) is 48.5 Å². The highest BCUT2D eigenvalue weighted by Gasteiger charge is 2.45. The Kier molecular flexibility index (Phi) is 15.7. The molecule has 4 fully saturated rings. The second kappa shape index (κ2) is 21.0. The molecule has 8 N–H and O–H groups in total. The van der Waals surface area contributed by atoms with E-state index in [0.29, 0.717) is 70.8 Å². The predicted molar refractivity (Wildman–Crippen MR) is 243 cm³/mol. The van der Waals surface area contributed by atoms with E-state index in [1.807, 2.05) is 62.4 Å². The molecule has 20 heteroatoms. The maximum atomic E-state index is 13.9. The summed E-state index contributed by atoms with van der Waals surface area (Å²) in [5.74, 6) is 0.545. The summed E-state index contributed by atoms with van der Waals surface area (Å²) in [7, 11) is 6.62. The summed E-state index contributed by atoms with van der Waals surface area (Å²) < 4.78 is 9.54. The Morgan fingerprint density at radius 3 is 1.66 bits per heavy atom. The number of nitrogens with one attached hydrogen (secondary N) is 4. The van der Waals surface area contributed by atoms with Crippen LogP contribution in [0.2, 0.25) is 0 Å². The van der Waals surface area contributed by atoms with Crippen LogP contribution in [0.1, 0.15) is 48.9 Å². The van der Waals surface area contributed by atoms with Crippen LogP contribution in [0.3, 0.4) is 0 Å². The van der Waals surface area contributed by atoms with Gasteiger partial charge in [-0.15, -0.1) is 0 Å². The first-order chi connectivity index (χ1) is 29.8. The van der Waals surface area contributed by atoms with Gasteiger partial charge in [-0.05, 0) is 36.1 Å². The third-order valence-corrected chi connectivity index (χ3v) is 17.7. The maximum absolute atomic E-state index is 13.9. The molecule has 6 heterocycles. The van der Waals surface area contributed by atoms with E-state index in [4.69, 9.17) is 20.9 Å². The van der Waals surface area contributed by atoms with Crippen molar-refractivity contribution in [2.75, 3.05) is 43.6 Å². The summed E-state index contributed by atoms with van der Waals surface area (Å²) in [4.78, 5) is 80.8. The highest BCUT2D eigenvalue weighted by molar-refractivity contribution is 8.77. The van der Waals surface area contributed by atoms with E-state index >= 15 is 0 Å². The van der Waals surface area contributed by atoms with E-state index in [1.165, 1.54) is 0 Å². The molecule has 2 aromatic carbocycles. The van der Waals surface area contributed by atoms with Gasteiger partial charge in [0.1, 0.15) is 30.2 Å². The lowest BCUT2D eigenvalue weighted by molar-refractivity contribution is -0.146. The number of carbonyl (C=O) groups is 6. The zero-order valence-corrected chi connectivity index (χ0v) is 38.1. The lowest BCUT2D eigenvalue weighted by Crippen LogP contribution is -2.63. The van der Waals surface area contributed by atoms with Gasteiger partial charge in [-0.1, -0.05) is 91.7 Å². The van der Waals surface area contributed by atoms with E-state index in [-0.39, 0.29) is 35.7 Å². The molecule has 0 aliphatic carbocycles. The van der Waals surface area contributed by atoms with E-state index in [9.17, 15) is 28.8 Å². The number of nitrogens with two attached hydrogens (primary N) is 2. The summed E-state index contributed by atoms with van der Waals surface area (Å²) in [5, 5.41) is 12.2. The Hall–Kier alpha value is -3.50. The lowest BCUT2D eigenvalue weighted by Gasteiger charge is -2.42. The van der Waals surface area contributed by atoms with Gasteiger partial charge in [0.2, 0.25) is 23.6 Å². The predicted octanol–water partition coefficient (Wildman–Crippen LogP) is 0.883. The Balaban J connectivity index is 0.000000187. The smallest absolute Gasteiger partial charge is 0.328 e. The summed E-state index contributed by atoms with van der Waals surface area (Å²) in [6.45, 7) is 6.49. The number of benzene rings is 2. The van der Waals surface area contributed by atoms with E-state index in [2.05, 4.69) is 21.3 Å². The molecule has 0 unspecified atom stereocenters. The van der Waals surface area contributed by atoms with Gasteiger partial charge in [-0.2, -0.15) is 0 Å². The first-order valence-corrected chi connectivity index (χ1v) is 25.8. The first-order valence-electron chi connectivity index (χ1n) is 21.0. The standard InChI is InChI=1S/C22H30N4O4S2.C20H26N4O4S2/c1-22(2)18(24-10-15(23)12-31-32-22)20(28)26-11-14-6-4-3-5-13(14)9-17(26)19(27)25-16-7-8-30-21(16)29;21-14-8-22-16(11-30-29-10-14)19(26)24-9-13-4-2-1-3-12(13)7-17(24)18(25)23-15-5-6-28-20(15)27/h3-6,15-18,24H,7-12,23H2,1-2H3,(H,25,27);1-4,14-17,22H,5-11,21H2,(H,23,25)/t15-,16+,17+,18-;14-,15+,16+,17+/m11/s1. The number of amides is 4. The largest absolute Gasteiger partial charge is 0.464 e. The van der Waals surface area contributed by atoms with Gasteiger partial charge >= 0.3 is 11.9 Å². The minimum atomic E-state index is -0.694. The molecule has 2 aromatic rings. The van der Waals surface area contributed by atoms with Crippen LogP contribution in [-0.2, 0) is 64.2 Å². The Morgan fingerprint density at radius 2 is 1.15 bits per heavy atom. The zero-order chi connectivity index (χ0) is 44.0. The number of fused-ring (bicyclic) bond motifs is 2. The molecule has 6 aliphatic rings. The van der Waals surface area contributed by atoms with Crippen molar-refractivity contribution >= 4 is 78.7 Å². The average Bonchev–Trinajstić information content (AvgIpc) is 3.86. The van der Waals surface area contributed by atoms with Gasteiger partial charge in [0.05, 0.1) is 19.3 Å². The molecule has 336 valence electrons. The third kappa shape index (κ3) is 11.2. The molecule has 0 saturated carbocycles. The van der Waals surface area contributed by atoms with Gasteiger partial charge in [-0.3, -0.25) is 19.2 Å². The molecule has 4 amide bonds. The topological polar surface area (TPSA) is 228 Å². The SMILES string of the molecule is CC1(C)SSC[C@H](N)CN[C@@H]1C(=O)N1Cc2ccccc2C[C@H]1C(=O)N[C@H]1CCOC1=O.N[C@@H]1CN[C@H](C(=O)N2Cc3ccccc3C[C@H]2C(=O)N[C@H]2CCOC2=O)CSSC1. The quantitative estimate of drug-likeness (QED) is 0.175. The summed E-state index contributed by atoms with van der Waals surface area (Å²) in [6.07, 6.45) is 1.73. The molecule has 0 aromatic heterocycles. The van der Waals surface area contributed by atoms with Crippen LogP contribution >= 0.6 is 43.2 Å². The number of rotatable bonds is 6. The average molecular weight is 929 g/mol. The fourth-order valence-electron chi connectivity index (χ4n) is 8.24.